The summed E-state index contributed by atoms with van der Waals surface area (Å²) in [5.74, 6) is -8.79. The number of aliphatic hydroxyl groups excluding tert-OH is 19. The lowest BCUT2D eigenvalue weighted by molar-refractivity contribution is -0.386. The average molecular weight is 1390 g/mol. The molecule has 7 saturated heterocycles. The summed E-state index contributed by atoms with van der Waals surface area (Å²) in [5, 5.41) is 228. The molecule has 0 aromatic heterocycles. The molecule has 36 atom stereocenters. The molecule has 7 rings (SSSR count). The van der Waals surface area contributed by atoms with Crippen LogP contribution in [0.5, 0.6) is 0 Å². The van der Waals surface area contributed by atoms with Crippen molar-refractivity contribution in [3.8, 4) is 0 Å². The second kappa shape index (κ2) is 33.5. The summed E-state index contributed by atoms with van der Waals surface area (Å²) in [6.07, 6.45) is -62.6. The summed E-state index contributed by atoms with van der Waals surface area (Å²) in [5.41, 5.74) is 0. The van der Waals surface area contributed by atoms with E-state index in [1.54, 1.807) is 0 Å². The van der Waals surface area contributed by atoms with Gasteiger partial charge in [0, 0.05) is 34.1 Å². The van der Waals surface area contributed by atoms with Crippen molar-refractivity contribution in [2.45, 2.75) is 261 Å². The highest BCUT2D eigenvalue weighted by atomic mass is 16.8. The van der Waals surface area contributed by atoms with E-state index < -0.39 is 296 Å². The van der Waals surface area contributed by atoms with Gasteiger partial charge in [-0.25, -0.2) is 4.79 Å². The fourth-order valence-electron chi connectivity index (χ4n) is 12.1. The van der Waals surface area contributed by atoms with Crippen molar-refractivity contribution in [2.24, 2.45) is 0 Å². The minimum absolute atomic E-state index is 0.835. The molecule has 0 bridgehead atoms. The smallest absolute Gasteiger partial charge is 0.364 e. The molecule has 548 valence electrons. The maximum absolute atomic E-state index is 13.1. The monoisotopic (exact) mass is 1390 g/mol. The second-order valence-electron chi connectivity index (χ2n) is 24.0. The first-order valence-electron chi connectivity index (χ1n) is 30.1. The first kappa shape index (κ1) is 78.4. The average Bonchev–Trinajstić information content (AvgIpc) is 0.763. The van der Waals surface area contributed by atoms with Crippen LogP contribution in [0.3, 0.4) is 0 Å². The maximum Gasteiger partial charge on any atom is 0.364 e. The van der Waals surface area contributed by atoms with E-state index in [1.807, 2.05) is 0 Å². The summed E-state index contributed by atoms with van der Waals surface area (Å²) in [7, 11) is 0. The Morgan fingerprint density at radius 1 is 0.453 bits per heavy atom. The predicted molar refractivity (Wildman–Crippen MR) is 294 cm³/mol. The number of nitrogens with one attached hydrogen (secondary N) is 4. The van der Waals surface area contributed by atoms with Crippen LogP contribution in [-0.2, 0) is 85.6 Å². The number of rotatable bonds is 25. The zero-order valence-electron chi connectivity index (χ0n) is 51.4. The number of hydrogen-bond acceptors (Lipinski definition) is 37. The van der Waals surface area contributed by atoms with Gasteiger partial charge in [-0.2, -0.15) is 0 Å². The third-order valence-electron chi connectivity index (χ3n) is 17.1. The highest BCUT2D eigenvalue weighted by Crippen LogP contribution is 2.40. The molecule has 7 aliphatic rings. The van der Waals surface area contributed by atoms with Crippen molar-refractivity contribution in [3.63, 3.8) is 0 Å². The summed E-state index contributed by atoms with van der Waals surface area (Å²) < 4.78 is 75.6. The number of carboxylic acids is 1. The van der Waals surface area contributed by atoms with E-state index in [9.17, 15) is 126 Å². The number of carboxylic acid groups (broad SMARTS) is 1. The van der Waals surface area contributed by atoms with Crippen molar-refractivity contribution in [1.82, 2.24) is 21.3 Å². The molecule has 42 heteroatoms. The van der Waals surface area contributed by atoms with Crippen LogP contribution in [-0.4, -0.2) is 392 Å². The molecule has 0 saturated carbocycles. The van der Waals surface area contributed by atoms with Crippen molar-refractivity contribution in [1.29, 1.82) is 0 Å². The minimum atomic E-state index is -3.21. The molecule has 0 unspecified atom stereocenters. The van der Waals surface area contributed by atoms with Gasteiger partial charge in [0.1, 0.15) is 159 Å². The first-order chi connectivity index (χ1) is 44.7. The van der Waals surface area contributed by atoms with Crippen LogP contribution in [0.25, 0.3) is 0 Å². The number of hydrogen-bond donors (Lipinski definition) is 24. The molecule has 7 heterocycles. The number of carbonyl (C=O) groups excluding carboxylic acids is 4. The number of ether oxygens (including phenoxy) is 13. The Kier molecular flexibility index (Phi) is 27.6. The minimum Gasteiger partial charge on any atom is -0.477 e. The van der Waals surface area contributed by atoms with Crippen molar-refractivity contribution >= 4 is 29.6 Å². The zero-order valence-corrected chi connectivity index (χ0v) is 51.4. The topological polar surface area (TPSA) is 658 Å². The van der Waals surface area contributed by atoms with Gasteiger partial charge in [-0.3, -0.25) is 19.2 Å². The molecule has 0 aromatic carbocycles. The molecule has 7 fully saturated rings. The third-order valence-corrected chi connectivity index (χ3v) is 17.1. The van der Waals surface area contributed by atoms with Gasteiger partial charge in [-0.1, -0.05) is 0 Å². The SMILES string of the molecule is CC(=O)N[C@@H]1[C@@H](O[C@@H]2O[C@H](CO)[C@@H](O[C@@H]3O[C@H](CO)[C@H](O)[C@H](O)[C@H]3O[C@@H]3O[C@@H](C)[C@@H](O)[C@@H](O)[C@@H]3O)[C@H](O)[C@H]2NC(C)=O)[C@@H](O)[C@@H](CO[C@@H]2O[C@H](CO)[C@@H](O[C@@H]3O[C@H](CO)[C@H](O)[C@H](O[C@]4(C(=O)O)C[C@H](O)[C@@H](NC(C)=O)[C@H]([C@H](O)[C@H](O)CO)O4)[C@H]3O)[C@H](O)[C@H]2NC(C)=O)O[C@@H]1O. The molecule has 42 nitrogen and oxygen atoms in total. The van der Waals surface area contributed by atoms with Gasteiger partial charge >= 0.3 is 5.97 Å². The molecule has 7 aliphatic heterocycles. The van der Waals surface area contributed by atoms with E-state index in [2.05, 4.69) is 21.3 Å². The zero-order chi connectivity index (χ0) is 70.6. The van der Waals surface area contributed by atoms with Gasteiger partial charge in [0.15, 0.2) is 37.7 Å². The first-order valence-corrected chi connectivity index (χ1v) is 30.1. The fourth-order valence-corrected chi connectivity index (χ4v) is 12.1. The molecule has 95 heavy (non-hydrogen) atoms. The maximum atomic E-state index is 13.1. The molecule has 24 N–H and O–H groups in total. The molecule has 4 amide bonds. The summed E-state index contributed by atoms with van der Waals surface area (Å²) >= 11 is 0. The highest BCUT2D eigenvalue weighted by molar-refractivity contribution is 5.77. The van der Waals surface area contributed by atoms with Gasteiger partial charge in [0.05, 0.1) is 57.9 Å². The Hall–Kier alpha value is -3.93. The summed E-state index contributed by atoms with van der Waals surface area (Å²) in [6, 6.07) is -7.12. The van der Waals surface area contributed by atoms with Crippen LogP contribution < -0.4 is 21.3 Å². The Bertz CT molecular complexity index is 2520. The molecular weight excluding hydrogens is 1300 g/mol. The number of aliphatic carboxylic acids is 1. The van der Waals surface area contributed by atoms with Crippen LogP contribution in [0.2, 0.25) is 0 Å². The van der Waals surface area contributed by atoms with Gasteiger partial charge in [0.2, 0.25) is 23.6 Å². The molecule has 0 spiro atoms. The lowest BCUT2D eigenvalue weighted by atomic mass is 9.88. The van der Waals surface area contributed by atoms with Crippen LogP contribution in [0.15, 0.2) is 0 Å². The van der Waals surface area contributed by atoms with Crippen LogP contribution in [0.4, 0.5) is 0 Å². The predicted octanol–water partition coefficient (Wildman–Crippen LogP) is -15.5. The van der Waals surface area contributed by atoms with Gasteiger partial charge in [-0.15, -0.1) is 0 Å². The highest BCUT2D eigenvalue weighted by Gasteiger charge is 2.62. The van der Waals surface area contributed by atoms with E-state index in [4.69, 9.17) is 61.6 Å². The Balaban J connectivity index is 1.10. The van der Waals surface area contributed by atoms with E-state index in [0.717, 1.165) is 27.7 Å². The van der Waals surface area contributed by atoms with E-state index in [1.165, 1.54) is 6.92 Å². The van der Waals surface area contributed by atoms with Crippen LogP contribution >= 0.6 is 0 Å². The van der Waals surface area contributed by atoms with E-state index >= 15 is 0 Å². The van der Waals surface area contributed by atoms with Crippen LogP contribution in [0.1, 0.15) is 41.0 Å². The number of aliphatic hydroxyl groups is 19. The van der Waals surface area contributed by atoms with Crippen molar-refractivity contribution in [3.05, 3.63) is 0 Å². The van der Waals surface area contributed by atoms with Gasteiger partial charge < -0.3 is 185 Å². The van der Waals surface area contributed by atoms with E-state index in [0.29, 0.717) is 0 Å². The molecular formula is C53H88N4O38. The Morgan fingerprint density at radius 2 is 0.905 bits per heavy atom. The van der Waals surface area contributed by atoms with Gasteiger partial charge in [0.25, 0.3) is 5.79 Å². The second-order valence-corrected chi connectivity index (χ2v) is 24.0. The summed E-state index contributed by atoms with van der Waals surface area (Å²) in [6.45, 7) is -1.19. The third kappa shape index (κ3) is 17.5. The Morgan fingerprint density at radius 3 is 1.44 bits per heavy atom. The molecule has 0 aromatic rings. The van der Waals surface area contributed by atoms with E-state index in [-0.39, 0.29) is 0 Å². The quantitative estimate of drug-likeness (QED) is 0.0404. The standard InChI is InChI=1S/C53H88N4O38/c1-13-29(69)36(76)38(78)49(84-13)93-45-37(77)31(71)20(8-59)87-51(45)91-41-23(11-62)89-48(27(35(41)75)56-16(4)65)92-42-28(57-17(5)66)46(80)85-24(33(42)73)12-83-47-26(55-15(3)64)34(74)40(22(10-61)88-47)90-50-39(79)44(32(72)21(9-60)86-50)95-53(52(81)82)6-18(67)25(54-14(2)63)43(94-53)30(70)19(68)7-58/h13,18-51,58-62,67-80H,6-12H2,1-5H3,(H,54,63)(H,55,64)(H,56,65)(H,57,66)(H,81,82)/t13-,18-,19+,20+,21+,22+,23+,24+,25+,26+,27+,28+,29+,30+,31-,32-,33-,34+,35+,36+,37-,38-,39+,40+,41+,42+,43+,44-,45+,46-,47+,48-,49-,50-,51-,53-/m0/s1. The van der Waals surface area contributed by atoms with Crippen molar-refractivity contribution < 1.29 is 188 Å². The normalized spacial score (nSPS) is 46.4. The molecule has 0 aliphatic carbocycles. The number of amides is 4. The van der Waals surface area contributed by atoms with Crippen LogP contribution in [0, 0.1) is 0 Å². The summed E-state index contributed by atoms with van der Waals surface area (Å²) in [4.78, 5) is 63.4. The largest absolute Gasteiger partial charge is 0.477 e. The lowest BCUT2D eigenvalue weighted by Gasteiger charge is -2.51. The van der Waals surface area contributed by atoms with Crippen molar-refractivity contribution in [2.75, 3.05) is 39.6 Å². The number of carbonyl (C=O) groups is 5. The lowest BCUT2D eigenvalue weighted by Crippen LogP contribution is -2.71. The fraction of sp³-hybridized carbons (Fsp3) is 0.906. The van der Waals surface area contributed by atoms with Gasteiger partial charge in [-0.05, 0) is 6.92 Å². The molecule has 0 radical (unpaired) electrons. The Labute approximate surface area is 538 Å².